The Bertz CT molecular complexity index is 797. The predicted octanol–water partition coefficient (Wildman–Crippen LogP) is 0.348. The average Bonchev–Trinajstić information content (AvgIpc) is 2.80. The van der Waals surface area contributed by atoms with Crippen LogP contribution in [0.25, 0.3) is 0 Å². The normalized spacial score (nSPS) is 22.6. The number of nitrogens with zero attached hydrogens (tertiary/aromatic N) is 2. The van der Waals surface area contributed by atoms with Crippen molar-refractivity contribution in [1.29, 1.82) is 0 Å². The molecule has 3 amide bonds. The number of piperidine rings is 1. The number of fused-ring (bicyclic) bond motifs is 2. The van der Waals surface area contributed by atoms with Crippen LogP contribution in [0.15, 0.2) is 24.3 Å². The molecule has 1 aromatic rings. The first-order valence-electron chi connectivity index (χ1n) is 8.10. The van der Waals surface area contributed by atoms with Crippen LogP contribution in [0, 0.1) is 0 Å². The minimum Gasteiger partial charge on any atom is -0.324 e. The smallest absolute Gasteiger partial charge is 0.324 e. The van der Waals surface area contributed by atoms with Gasteiger partial charge in [0.25, 0.3) is 0 Å². The number of hydrogen-bond acceptors (Lipinski definition) is 6. The van der Waals surface area contributed by atoms with Crippen molar-refractivity contribution < 1.29 is 26.8 Å². The second-order valence-electron chi connectivity index (χ2n) is 6.23. The highest BCUT2D eigenvalue weighted by molar-refractivity contribution is 7.80. The molecule has 2 aliphatic rings. The molecule has 10 nitrogen and oxygen atoms in total. The zero-order valence-electron chi connectivity index (χ0n) is 14.1. The molecule has 142 valence electrons. The predicted molar refractivity (Wildman–Crippen MR) is 91.2 cm³/mol. The Morgan fingerprint density at radius 3 is 2.62 bits per heavy atom. The maximum Gasteiger partial charge on any atom is 0.418 e. The van der Waals surface area contributed by atoms with E-state index in [0.29, 0.717) is 30.1 Å². The van der Waals surface area contributed by atoms with Crippen molar-refractivity contribution in [3.63, 3.8) is 0 Å². The third-order valence-electron chi connectivity index (χ3n) is 4.40. The van der Waals surface area contributed by atoms with Crippen molar-refractivity contribution >= 4 is 28.0 Å². The number of carbonyl (C=O) groups is 2. The molecule has 11 heteroatoms. The highest BCUT2D eigenvalue weighted by Crippen LogP contribution is 2.31. The fourth-order valence-electron chi connectivity index (χ4n) is 3.24. The molecule has 0 aromatic heterocycles. The Morgan fingerprint density at radius 1 is 1.31 bits per heavy atom. The number of hydrogen-bond donors (Lipinski definition) is 3. The lowest BCUT2D eigenvalue weighted by Gasteiger charge is -2.29. The summed E-state index contributed by atoms with van der Waals surface area (Å²) >= 11 is 0. The first-order chi connectivity index (χ1) is 12.3. The molecule has 3 rings (SSSR count). The SMILES string of the molecule is CNCc1ccc(NC(=O)[C@@H]2CC[C@@H]3CN2C(=O)N3OS(=O)(=O)O)cc1. The molecule has 0 unspecified atom stereocenters. The quantitative estimate of drug-likeness (QED) is 0.604. The Balaban J connectivity index is 1.67. The average molecular weight is 384 g/mol. The third kappa shape index (κ3) is 3.96. The van der Waals surface area contributed by atoms with Crippen LogP contribution in [-0.4, -0.2) is 60.5 Å². The van der Waals surface area contributed by atoms with Crippen molar-refractivity contribution in [2.45, 2.75) is 31.5 Å². The van der Waals surface area contributed by atoms with Crippen molar-refractivity contribution in [1.82, 2.24) is 15.3 Å². The van der Waals surface area contributed by atoms with Gasteiger partial charge in [-0.1, -0.05) is 12.1 Å². The van der Waals surface area contributed by atoms with Gasteiger partial charge in [0.2, 0.25) is 5.91 Å². The van der Waals surface area contributed by atoms with Gasteiger partial charge >= 0.3 is 16.4 Å². The summed E-state index contributed by atoms with van der Waals surface area (Å²) in [6, 6.07) is 5.30. The molecule has 2 fully saturated rings. The number of rotatable bonds is 6. The Morgan fingerprint density at radius 2 is 2.00 bits per heavy atom. The molecule has 3 N–H and O–H groups in total. The topological polar surface area (TPSA) is 128 Å². The van der Waals surface area contributed by atoms with E-state index in [9.17, 15) is 18.0 Å². The lowest BCUT2D eigenvalue weighted by atomic mass is 10.00. The molecule has 0 saturated carbocycles. The lowest BCUT2D eigenvalue weighted by molar-refractivity contribution is -0.120. The number of hydroxylamine groups is 2. The van der Waals surface area contributed by atoms with Gasteiger partial charge in [0.05, 0.1) is 6.04 Å². The number of benzene rings is 1. The molecule has 2 bridgehead atoms. The maximum atomic E-state index is 12.6. The van der Waals surface area contributed by atoms with Crippen LogP contribution in [0.2, 0.25) is 0 Å². The van der Waals surface area contributed by atoms with Crippen molar-refractivity contribution in [3.05, 3.63) is 29.8 Å². The van der Waals surface area contributed by atoms with Gasteiger partial charge in [-0.2, -0.15) is 13.5 Å². The van der Waals surface area contributed by atoms with Crippen LogP contribution in [-0.2, 0) is 26.0 Å². The van der Waals surface area contributed by atoms with Gasteiger partial charge in [-0.05, 0) is 37.6 Å². The van der Waals surface area contributed by atoms with Crippen molar-refractivity contribution in [2.75, 3.05) is 18.9 Å². The lowest BCUT2D eigenvalue weighted by Crippen LogP contribution is -2.47. The largest absolute Gasteiger partial charge is 0.418 e. The summed E-state index contributed by atoms with van der Waals surface area (Å²) in [5, 5.41) is 6.42. The minimum absolute atomic E-state index is 0.160. The van der Waals surface area contributed by atoms with Gasteiger partial charge in [0, 0.05) is 18.8 Å². The molecule has 0 spiro atoms. The monoisotopic (exact) mass is 384 g/mol. The van der Waals surface area contributed by atoms with E-state index in [1.165, 1.54) is 4.90 Å². The fraction of sp³-hybridized carbons (Fsp3) is 0.467. The highest BCUT2D eigenvalue weighted by Gasteiger charge is 2.49. The minimum atomic E-state index is -4.80. The Kier molecular flexibility index (Phi) is 5.14. The van der Waals surface area contributed by atoms with E-state index in [0.717, 1.165) is 5.56 Å². The van der Waals surface area contributed by atoms with E-state index in [2.05, 4.69) is 14.9 Å². The second kappa shape index (κ2) is 7.19. The van der Waals surface area contributed by atoms with Crippen molar-refractivity contribution in [3.8, 4) is 0 Å². The Labute approximate surface area is 151 Å². The van der Waals surface area contributed by atoms with Crippen LogP contribution in [0.1, 0.15) is 18.4 Å². The van der Waals surface area contributed by atoms with E-state index in [1.807, 2.05) is 19.2 Å². The number of anilines is 1. The van der Waals surface area contributed by atoms with Crippen LogP contribution >= 0.6 is 0 Å². The van der Waals surface area contributed by atoms with E-state index in [1.54, 1.807) is 12.1 Å². The maximum absolute atomic E-state index is 12.6. The molecular formula is C15H20N4O6S. The van der Waals surface area contributed by atoms with Crippen LogP contribution < -0.4 is 10.6 Å². The van der Waals surface area contributed by atoms with Crippen molar-refractivity contribution in [2.24, 2.45) is 0 Å². The zero-order chi connectivity index (χ0) is 18.9. The van der Waals surface area contributed by atoms with Crippen LogP contribution in [0.5, 0.6) is 0 Å². The summed E-state index contributed by atoms with van der Waals surface area (Å²) in [6.07, 6.45) is 0.752. The number of amides is 3. The zero-order valence-corrected chi connectivity index (χ0v) is 14.9. The molecule has 2 saturated heterocycles. The van der Waals surface area contributed by atoms with Crippen LogP contribution in [0.4, 0.5) is 10.5 Å². The molecule has 0 aliphatic carbocycles. The Hall–Kier alpha value is -2.21. The molecule has 1 aromatic carbocycles. The first kappa shape index (κ1) is 18.6. The molecule has 0 radical (unpaired) electrons. The fourth-order valence-corrected chi connectivity index (χ4v) is 3.63. The van der Waals surface area contributed by atoms with E-state index in [-0.39, 0.29) is 12.5 Å². The number of carbonyl (C=O) groups excluding carboxylic acids is 2. The van der Waals surface area contributed by atoms with Gasteiger partial charge < -0.3 is 15.5 Å². The molecule has 2 aliphatic heterocycles. The molecule has 2 heterocycles. The highest BCUT2D eigenvalue weighted by atomic mass is 32.3. The summed E-state index contributed by atoms with van der Waals surface area (Å²) in [5.41, 5.74) is 1.67. The van der Waals surface area contributed by atoms with E-state index in [4.69, 9.17) is 4.55 Å². The summed E-state index contributed by atoms with van der Waals surface area (Å²) in [6.45, 7) is 0.873. The standard InChI is InChI=1S/C15H20N4O6S/c1-16-8-10-2-4-11(5-3-10)17-14(20)13-7-6-12-9-18(13)15(21)19(12)25-26(22,23)24/h2-5,12-13,16H,6-9H2,1H3,(H,17,20)(H,22,23,24)/t12-,13+/m1/s1. The van der Waals surface area contributed by atoms with Gasteiger partial charge in [-0.3, -0.25) is 9.35 Å². The molecule has 26 heavy (non-hydrogen) atoms. The second-order valence-corrected chi connectivity index (χ2v) is 7.23. The van der Waals surface area contributed by atoms with Crippen LogP contribution in [0.3, 0.4) is 0 Å². The van der Waals surface area contributed by atoms with E-state index >= 15 is 0 Å². The molecule has 2 atom stereocenters. The third-order valence-corrected chi connectivity index (χ3v) is 4.75. The first-order valence-corrected chi connectivity index (χ1v) is 9.46. The summed E-state index contributed by atoms with van der Waals surface area (Å²) < 4.78 is 34.9. The summed E-state index contributed by atoms with van der Waals surface area (Å²) in [5.74, 6) is -0.355. The van der Waals surface area contributed by atoms with Gasteiger partial charge in [-0.25, -0.2) is 4.79 Å². The summed E-state index contributed by atoms with van der Waals surface area (Å²) in [4.78, 5) is 26.1. The van der Waals surface area contributed by atoms with Gasteiger partial charge in [-0.15, -0.1) is 4.28 Å². The van der Waals surface area contributed by atoms with Gasteiger partial charge in [0.1, 0.15) is 6.04 Å². The number of nitrogens with one attached hydrogen (secondary N) is 2. The van der Waals surface area contributed by atoms with Gasteiger partial charge in [0.15, 0.2) is 0 Å². The molecular weight excluding hydrogens is 364 g/mol. The number of urea groups is 1. The van der Waals surface area contributed by atoms with E-state index < -0.39 is 28.5 Å². The summed E-state index contributed by atoms with van der Waals surface area (Å²) in [7, 11) is -2.96.